The number of hydrogen-bond donors (Lipinski definition) is 1. The van der Waals surface area contributed by atoms with Crippen molar-refractivity contribution in [3.63, 3.8) is 0 Å². The fraction of sp³-hybridized carbons (Fsp3) is 0. The van der Waals surface area contributed by atoms with Gasteiger partial charge in [-0.05, 0) is 0 Å². The van der Waals surface area contributed by atoms with Gasteiger partial charge in [-0.3, -0.25) is 21.4 Å². The molecular formula is H5CaKMgO14S3. The van der Waals surface area contributed by atoms with Crippen molar-refractivity contribution < 1.29 is 115 Å². The first-order valence-electron chi connectivity index (χ1n) is 2.02. The summed E-state index contributed by atoms with van der Waals surface area (Å²) in [6, 6.07) is 0. The SMILES string of the molecule is O.O.O=S(=O)([O-])O.O=S(=O)([O-])[O-].O=S(=O)([O-])[O-].[Ca+2].[K+].[Mg+2]. The maximum Gasteiger partial charge on any atom is 2.00 e. The van der Waals surface area contributed by atoms with E-state index >= 15 is 0 Å². The Balaban J connectivity index is -0.0000000160. The van der Waals surface area contributed by atoms with Crippen LogP contribution in [0, 0.1) is 0 Å². The van der Waals surface area contributed by atoms with E-state index in [-0.39, 0.29) is 123 Å². The third-order valence-corrected chi connectivity index (χ3v) is 0. The summed E-state index contributed by atoms with van der Waals surface area (Å²) >= 11 is 0. The Hall–Kier alpha value is 3.19. The molecule has 5 N–H and O–H groups in total. The van der Waals surface area contributed by atoms with Crippen LogP contribution in [0.3, 0.4) is 0 Å². The quantitative estimate of drug-likeness (QED) is 0.213. The van der Waals surface area contributed by atoms with E-state index in [1.165, 1.54) is 0 Å². The van der Waals surface area contributed by atoms with Gasteiger partial charge in [0.25, 0.3) is 0 Å². The molecule has 0 fully saturated rings. The van der Waals surface area contributed by atoms with Gasteiger partial charge in [0.15, 0.2) is 0 Å². The maximum absolute atomic E-state index is 8.63. The van der Waals surface area contributed by atoms with Crippen molar-refractivity contribution >= 4 is 92.0 Å². The zero-order valence-electron chi connectivity index (χ0n) is 9.58. The van der Waals surface area contributed by atoms with Crippen LogP contribution in [0.2, 0.25) is 0 Å². The molecule has 0 aliphatic rings. The molecule has 0 rings (SSSR count). The van der Waals surface area contributed by atoms with Gasteiger partial charge in [-0.1, -0.05) is 0 Å². The van der Waals surface area contributed by atoms with Crippen LogP contribution < -0.4 is 51.4 Å². The molecule has 0 saturated heterocycles. The predicted octanol–water partition coefficient (Wildman–Crippen LogP) is -9.08. The molecule has 0 saturated carbocycles. The Morgan fingerprint density at radius 1 is 0.650 bits per heavy atom. The van der Waals surface area contributed by atoms with Crippen molar-refractivity contribution in [3.05, 3.63) is 0 Å². The second-order valence-electron chi connectivity index (χ2n) is 1.24. The summed E-state index contributed by atoms with van der Waals surface area (Å²) in [7, 11) is -15.2. The van der Waals surface area contributed by atoms with Crippen LogP contribution >= 0.6 is 0 Å². The van der Waals surface area contributed by atoms with Crippen LogP contribution in [0.15, 0.2) is 0 Å². The zero-order valence-corrected chi connectivity index (χ0v) is 18.8. The second kappa shape index (κ2) is 22.2. The first kappa shape index (κ1) is 49.5. The molecule has 0 unspecified atom stereocenters. The second-order valence-corrected chi connectivity index (χ2v) is 3.73. The van der Waals surface area contributed by atoms with Crippen LogP contribution in [0.5, 0.6) is 0 Å². The molecule has 0 aromatic heterocycles. The fourth-order valence-corrected chi connectivity index (χ4v) is 0. The molecule has 0 bridgehead atoms. The Kier molecular flexibility index (Phi) is 54.9. The van der Waals surface area contributed by atoms with E-state index in [4.69, 9.17) is 52.6 Å². The zero-order chi connectivity index (χ0) is 13.5. The summed E-state index contributed by atoms with van der Waals surface area (Å²) in [6.07, 6.45) is 0. The van der Waals surface area contributed by atoms with E-state index in [0.29, 0.717) is 0 Å². The summed E-state index contributed by atoms with van der Waals surface area (Å²) in [5.41, 5.74) is 0. The summed E-state index contributed by atoms with van der Waals surface area (Å²) < 4.78 is 101. The molecule has 0 amide bonds. The van der Waals surface area contributed by atoms with Gasteiger partial charge in [0, 0.05) is 20.8 Å². The van der Waals surface area contributed by atoms with Gasteiger partial charge in [0.2, 0.25) is 10.4 Å². The van der Waals surface area contributed by atoms with Crippen molar-refractivity contribution in [2.24, 2.45) is 0 Å². The molecule has 0 radical (unpaired) electrons. The van der Waals surface area contributed by atoms with Crippen molar-refractivity contribution in [3.8, 4) is 0 Å². The van der Waals surface area contributed by atoms with Crippen LogP contribution in [0.1, 0.15) is 0 Å². The molecule has 14 nitrogen and oxygen atoms in total. The number of rotatable bonds is 0. The van der Waals surface area contributed by atoms with Crippen molar-refractivity contribution in [1.82, 2.24) is 0 Å². The Morgan fingerprint density at radius 2 is 0.650 bits per heavy atom. The molecule has 0 aliphatic carbocycles. The topological polar surface area (TPSA) is 301 Å². The Bertz CT molecular complexity index is 349. The average Bonchev–Trinajstić information content (AvgIpc) is 1.41. The van der Waals surface area contributed by atoms with Crippen LogP contribution in [0.4, 0.5) is 0 Å². The van der Waals surface area contributed by atoms with Gasteiger partial charge in [-0.2, -0.15) is 0 Å². The van der Waals surface area contributed by atoms with Gasteiger partial charge in [0.1, 0.15) is 0 Å². The molecule has 0 aromatic rings. The van der Waals surface area contributed by atoms with Gasteiger partial charge in [-0.25, -0.2) is 8.42 Å². The van der Waals surface area contributed by atoms with E-state index < -0.39 is 31.2 Å². The molecule has 112 valence electrons. The third kappa shape index (κ3) is 848. The minimum Gasteiger partial charge on any atom is -0.759 e. The predicted molar refractivity (Wildman–Crippen MR) is 52.0 cm³/mol. The van der Waals surface area contributed by atoms with E-state index in [2.05, 4.69) is 0 Å². The van der Waals surface area contributed by atoms with E-state index in [9.17, 15) is 0 Å². The van der Waals surface area contributed by atoms with Crippen LogP contribution in [-0.4, -0.2) is 124 Å². The average molecular weight is 429 g/mol. The Labute approximate surface area is 203 Å². The number of hydrogen-bond acceptors (Lipinski definition) is 11. The van der Waals surface area contributed by atoms with Crippen LogP contribution in [-0.2, 0) is 31.2 Å². The molecular weight excluding hydrogens is 424 g/mol. The van der Waals surface area contributed by atoms with Gasteiger partial charge >= 0.3 is 112 Å². The first-order valence-corrected chi connectivity index (χ1v) is 6.05. The van der Waals surface area contributed by atoms with Gasteiger partial charge < -0.3 is 33.7 Å². The van der Waals surface area contributed by atoms with Gasteiger partial charge in [0.05, 0.1) is 0 Å². The van der Waals surface area contributed by atoms with Crippen molar-refractivity contribution in [2.75, 3.05) is 0 Å². The summed E-state index contributed by atoms with van der Waals surface area (Å²) in [4.78, 5) is 0. The first-order chi connectivity index (χ1) is 6.00. The molecule has 0 aliphatic heterocycles. The van der Waals surface area contributed by atoms with Gasteiger partial charge in [-0.15, -0.1) is 0 Å². The standard InChI is InChI=1S/Ca.K.Mg.3H2O4S.2H2O/c;;;3*1-5(2,3)4;;/h;;;3*(H2,1,2,3,4);2*1H2/q+2;+1;+2;;;;;/p-5. The monoisotopic (exact) mass is 428 g/mol. The molecule has 20 heteroatoms. The maximum atomic E-state index is 8.63. The summed E-state index contributed by atoms with van der Waals surface area (Å²) in [5, 5.41) is 0. The Morgan fingerprint density at radius 3 is 0.650 bits per heavy atom. The van der Waals surface area contributed by atoms with E-state index in [1.54, 1.807) is 0 Å². The van der Waals surface area contributed by atoms with E-state index in [1.807, 2.05) is 0 Å². The molecule has 0 spiro atoms. The van der Waals surface area contributed by atoms with Crippen LogP contribution in [0.25, 0.3) is 0 Å². The fourth-order valence-electron chi connectivity index (χ4n) is 0. The molecule has 20 heavy (non-hydrogen) atoms. The largest absolute Gasteiger partial charge is 2.00 e. The molecule has 0 atom stereocenters. The minimum absolute atomic E-state index is 0. The van der Waals surface area contributed by atoms with Crippen molar-refractivity contribution in [1.29, 1.82) is 0 Å². The van der Waals surface area contributed by atoms with E-state index in [0.717, 1.165) is 0 Å². The summed E-state index contributed by atoms with van der Waals surface area (Å²) in [6.45, 7) is 0. The normalized spacial score (nSPS) is 8.70. The molecule has 0 aromatic carbocycles. The third-order valence-electron chi connectivity index (χ3n) is 0. The molecule has 0 heterocycles. The summed E-state index contributed by atoms with van der Waals surface area (Å²) in [5.74, 6) is 0. The van der Waals surface area contributed by atoms with Crippen molar-refractivity contribution in [2.45, 2.75) is 0 Å². The minimum atomic E-state index is -5.17. The smallest absolute Gasteiger partial charge is 0.759 e.